The molecular weight excluding hydrogens is 280 g/mol. The number of benzene rings is 1. The van der Waals surface area contributed by atoms with Crippen LogP contribution in [0.4, 0.5) is 0 Å². The Kier molecular flexibility index (Phi) is 6.67. The molecule has 1 atom stereocenters. The van der Waals surface area contributed by atoms with Gasteiger partial charge >= 0.3 is 5.97 Å². The zero-order valence-electron chi connectivity index (χ0n) is 11.7. The molecule has 0 radical (unpaired) electrons. The van der Waals surface area contributed by atoms with Gasteiger partial charge < -0.3 is 4.74 Å². The van der Waals surface area contributed by atoms with Crippen LogP contribution < -0.4 is 0 Å². The van der Waals surface area contributed by atoms with E-state index in [-0.39, 0.29) is 12.4 Å². The lowest BCUT2D eigenvalue weighted by atomic mass is 10.1. The number of carbonyl (C=O) groups excluding carboxylic acids is 1. The van der Waals surface area contributed by atoms with Gasteiger partial charge in [-0.15, -0.1) is 0 Å². The molecule has 0 aromatic heterocycles. The zero-order valence-corrected chi connectivity index (χ0v) is 12.6. The predicted molar refractivity (Wildman–Crippen MR) is 75.6 cm³/mol. The van der Waals surface area contributed by atoms with Crippen LogP contribution in [0.2, 0.25) is 0 Å². The van der Waals surface area contributed by atoms with Crippen LogP contribution in [0.1, 0.15) is 38.4 Å². The third-order valence-electron chi connectivity index (χ3n) is 2.59. The molecule has 0 aliphatic heterocycles. The third-order valence-corrected chi connectivity index (χ3v) is 3.87. The summed E-state index contributed by atoms with van der Waals surface area (Å²) < 4.78 is 33.6. The number of esters is 1. The molecule has 1 rings (SSSR count). The molecule has 0 aliphatic carbocycles. The first-order chi connectivity index (χ1) is 9.50. The van der Waals surface area contributed by atoms with Crippen LogP contribution in [0.3, 0.4) is 0 Å². The summed E-state index contributed by atoms with van der Waals surface area (Å²) in [5.74, 6) is -0.801. The largest absolute Gasteiger partial charge is 0.464 e. The molecule has 0 N–H and O–H groups in total. The Hall–Kier alpha value is -1.40. The Bertz CT molecular complexity index is 510. The smallest absolute Gasteiger partial charge is 0.341 e. The van der Waals surface area contributed by atoms with Gasteiger partial charge in [-0.05, 0) is 18.9 Å². The van der Waals surface area contributed by atoms with Crippen LogP contribution in [0, 0.1) is 0 Å². The Morgan fingerprint density at radius 3 is 2.40 bits per heavy atom. The van der Waals surface area contributed by atoms with Crippen LogP contribution in [0.15, 0.2) is 30.3 Å². The van der Waals surface area contributed by atoms with Gasteiger partial charge in [-0.25, -0.2) is 8.98 Å². The van der Waals surface area contributed by atoms with Gasteiger partial charge in [-0.2, -0.15) is 8.42 Å². The average molecular weight is 300 g/mol. The van der Waals surface area contributed by atoms with Gasteiger partial charge in [0.2, 0.25) is 0 Å². The number of hydrogen-bond donors (Lipinski definition) is 0. The van der Waals surface area contributed by atoms with E-state index in [1.165, 1.54) is 0 Å². The van der Waals surface area contributed by atoms with Gasteiger partial charge in [0.05, 0.1) is 12.4 Å². The molecule has 0 heterocycles. The van der Waals surface area contributed by atoms with Crippen molar-refractivity contribution in [2.75, 3.05) is 12.4 Å². The fraction of sp³-hybridized carbons (Fsp3) is 0.500. The van der Waals surface area contributed by atoms with E-state index in [9.17, 15) is 13.2 Å². The van der Waals surface area contributed by atoms with Crippen molar-refractivity contribution >= 4 is 16.1 Å². The van der Waals surface area contributed by atoms with Gasteiger partial charge in [0.1, 0.15) is 0 Å². The summed E-state index contributed by atoms with van der Waals surface area (Å²) in [6.07, 6.45) is -0.0111. The van der Waals surface area contributed by atoms with Crippen molar-refractivity contribution in [2.45, 2.75) is 32.8 Å². The van der Waals surface area contributed by atoms with E-state index in [4.69, 9.17) is 8.92 Å². The third kappa shape index (κ3) is 5.30. The van der Waals surface area contributed by atoms with E-state index in [0.717, 1.165) is 6.42 Å². The Morgan fingerprint density at radius 2 is 1.85 bits per heavy atom. The maximum Gasteiger partial charge on any atom is 0.341 e. The minimum absolute atomic E-state index is 0.105. The molecule has 1 aromatic carbocycles. The minimum atomic E-state index is -3.76. The van der Waals surface area contributed by atoms with Crippen LogP contribution in [-0.2, 0) is 23.8 Å². The van der Waals surface area contributed by atoms with E-state index in [2.05, 4.69) is 0 Å². The van der Waals surface area contributed by atoms with Crippen molar-refractivity contribution in [2.24, 2.45) is 0 Å². The summed E-state index contributed by atoms with van der Waals surface area (Å²) in [6, 6.07) is 8.47. The lowest BCUT2D eigenvalue weighted by Gasteiger charge is -2.16. The second kappa shape index (κ2) is 8.01. The lowest BCUT2D eigenvalue weighted by molar-refractivity contribution is -0.151. The molecule has 112 valence electrons. The molecule has 0 saturated heterocycles. The van der Waals surface area contributed by atoms with Crippen molar-refractivity contribution in [3.8, 4) is 0 Å². The van der Waals surface area contributed by atoms with Crippen molar-refractivity contribution < 1.29 is 22.1 Å². The first-order valence-corrected chi connectivity index (χ1v) is 8.20. The molecular formula is C14H20O5S. The highest BCUT2D eigenvalue weighted by Gasteiger charge is 2.28. The van der Waals surface area contributed by atoms with E-state index in [1.54, 1.807) is 37.3 Å². The monoisotopic (exact) mass is 300 g/mol. The van der Waals surface area contributed by atoms with Crippen LogP contribution in [0.25, 0.3) is 0 Å². The maximum atomic E-state index is 11.9. The lowest BCUT2D eigenvalue weighted by Crippen LogP contribution is -2.23. The van der Waals surface area contributed by atoms with Crippen molar-refractivity contribution in [3.63, 3.8) is 0 Å². The topological polar surface area (TPSA) is 69.7 Å². The second-order valence-corrected chi connectivity index (χ2v) is 5.97. The number of carbonyl (C=O) groups is 1. The number of ether oxygens (including phenoxy) is 1. The maximum absolute atomic E-state index is 11.9. The fourth-order valence-corrected chi connectivity index (χ4v) is 2.81. The molecule has 0 saturated carbocycles. The quantitative estimate of drug-likeness (QED) is 0.545. The zero-order chi connectivity index (χ0) is 15.0. The van der Waals surface area contributed by atoms with Crippen molar-refractivity contribution in [3.05, 3.63) is 35.9 Å². The minimum Gasteiger partial charge on any atom is -0.464 e. The van der Waals surface area contributed by atoms with Crippen molar-refractivity contribution in [1.29, 1.82) is 0 Å². The fourth-order valence-electron chi connectivity index (χ4n) is 1.59. The SMILES string of the molecule is CCCCS(=O)(=O)OC(C(=O)OCC)c1ccccc1. The number of rotatable bonds is 8. The van der Waals surface area contributed by atoms with Gasteiger partial charge in [0.25, 0.3) is 10.1 Å². The molecule has 1 unspecified atom stereocenters. The molecule has 0 amide bonds. The first-order valence-electron chi connectivity index (χ1n) is 6.62. The van der Waals surface area contributed by atoms with Gasteiger partial charge in [-0.1, -0.05) is 43.7 Å². The van der Waals surface area contributed by atoms with E-state index in [0.29, 0.717) is 12.0 Å². The molecule has 20 heavy (non-hydrogen) atoms. The highest BCUT2D eigenvalue weighted by atomic mass is 32.2. The highest BCUT2D eigenvalue weighted by molar-refractivity contribution is 7.86. The molecule has 1 aromatic rings. The van der Waals surface area contributed by atoms with E-state index < -0.39 is 22.2 Å². The molecule has 0 aliphatic rings. The Balaban J connectivity index is 2.92. The molecule has 0 spiro atoms. The van der Waals surface area contributed by atoms with Crippen molar-refractivity contribution in [1.82, 2.24) is 0 Å². The van der Waals surface area contributed by atoms with E-state index >= 15 is 0 Å². The van der Waals surface area contributed by atoms with E-state index in [1.807, 2.05) is 6.92 Å². The normalized spacial score (nSPS) is 12.9. The van der Waals surface area contributed by atoms with Crippen LogP contribution in [0.5, 0.6) is 0 Å². The van der Waals surface area contributed by atoms with Gasteiger partial charge in [-0.3, -0.25) is 0 Å². The summed E-state index contributed by atoms with van der Waals surface area (Å²) >= 11 is 0. The number of unbranched alkanes of at least 4 members (excludes halogenated alkanes) is 1. The summed E-state index contributed by atoms with van der Waals surface area (Å²) in [4.78, 5) is 11.9. The van der Waals surface area contributed by atoms with Crippen LogP contribution in [-0.4, -0.2) is 26.7 Å². The Morgan fingerprint density at radius 1 is 1.20 bits per heavy atom. The highest BCUT2D eigenvalue weighted by Crippen LogP contribution is 2.22. The second-order valence-electron chi connectivity index (χ2n) is 4.25. The molecule has 6 heteroatoms. The van der Waals surface area contributed by atoms with Crippen LogP contribution >= 0.6 is 0 Å². The Labute approximate surface area is 120 Å². The summed E-state index contributed by atoms with van der Waals surface area (Å²) in [6.45, 7) is 3.71. The predicted octanol–water partition coefficient (Wildman–Crippen LogP) is 2.44. The average Bonchev–Trinajstić information content (AvgIpc) is 2.44. The molecule has 0 fully saturated rings. The van der Waals surface area contributed by atoms with Gasteiger partial charge in [0.15, 0.2) is 6.10 Å². The van der Waals surface area contributed by atoms with Gasteiger partial charge in [0, 0.05) is 0 Å². The standard InChI is InChI=1S/C14H20O5S/c1-3-5-11-20(16,17)19-13(14(15)18-4-2)12-9-7-6-8-10-12/h6-10,13H,3-5,11H2,1-2H3. The first kappa shape index (κ1) is 16.7. The summed E-state index contributed by atoms with van der Waals surface area (Å²) in [7, 11) is -3.76. The summed E-state index contributed by atoms with van der Waals surface area (Å²) in [5, 5.41) is 0. The summed E-state index contributed by atoms with van der Waals surface area (Å²) in [5.41, 5.74) is 0.464. The molecule has 0 bridgehead atoms. The molecule has 5 nitrogen and oxygen atoms in total. The number of hydrogen-bond acceptors (Lipinski definition) is 5.